The van der Waals surface area contributed by atoms with Gasteiger partial charge in [-0.1, -0.05) is 30.4 Å². The van der Waals surface area contributed by atoms with E-state index in [1.54, 1.807) is 53.0 Å². The van der Waals surface area contributed by atoms with E-state index in [-0.39, 0.29) is 10.6 Å². The second kappa shape index (κ2) is 8.07. The second-order valence-corrected chi connectivity index (χ2v) is 9.32. The van der Waals surface area contributed by atoms with Crippen LogP contribution in [0.4, 0.5) is 10.5 Å². The zero-order valence-corrected chi connectivity index (χ0v) is 18.4. The van der Waals surface area contributed by atoms with Crippen molar-refractivity contribution in [2.75, 3.05) is 4.90 Å². The molecule has 2 aromatic carbocycles. The molecule has 5 nitrogen and oxygen atoms in total. The maximum absolute atomic E-state index is 12.5. The molecule has 0 bridgehead atoms. The number of imide groups is 1. The van der Waals surface area contributed by atoms with Crippen LogP contribution in [0.2, 0.25) is 0 Å². The normalized spacial score (nSPS) is 15.5. The number of rotatable bonds is 4. The molecule has 1 aliphatic heterocycles. The van der Waals surface area contributed by atoms with Gasteiger partial charge >= 0.3 is 6.03 Å². The van der Waals surface area contributed by atoms with E-state index in [4.69, 9.17) is 17.0 Å². The predicted molar refractivity (Wildman–Crippen MR) is 129 cm³/mol. The number of nitrogens with one attached hydrogen (secondary N) is 1. The van der Waals surface area contributed by atoms with Gasteiger partial charge in [0.2, 0.25) is 0 Å². The summed E-state index contributed by atoms with van der Waals surface area (Å²) >= 11 is 8.77. The Balaban J connectivity index is 1.42. The third-order valence-electron chi connectivity index (χ3n) is 4.63. The summed E-state index contributed by atoms with van der Waals surface area (Å²) in [7, 11) is 0. The summed E-state index contributed by atoms with van der Waals surface area (Å²) in [5.74, 6) is 0.851. The largest absolute Gasteiger partial charge is 0.457 e. The van der Waals surface area contributed by atoms with Gasteiger partial charge in [-0.3, -0.25) is 15.0 Å². The molecule has 0 saturated carbocycles. The molecule has 31 heavy (non-hydrogen) atoms. The molecule has 1 N–H and O–H groups in total. The first-order valence-electron chi connectivity index (χ1n) is 9.30. The van der Waals surface area contributed by atoms with E-state index in [0.717, 1.165) is 10.3 Å². The van der Waals surface area contributed by atoms with Gasteiger partial charge < -0.3 is 4.74 Å². The lowest BCUT2D eigenvalue weighted by Crippen LogP contribution is -2.53. The summed E-state index contributed by atoms with van der Waals surface area (Å²) < 4.78 is 6.97. The van der Waals surface area contributed by atoms with Crippen LogP contribution in [-0.4, -0.2) is 16.9 Å². The molecule has 5 rings (SSSR count). The highest BCUT2D eigenvalue weighted by molar-refractivity contribution is 7.81. The van der Waals surface area contributed by atoms with Gasteiger partial charge in [-0.05, 0) is 60.0 Å². The number of urea groups is 1. The second-order valence-electron chi connectivity index (χ2n) is 6.68. The van der Waals surface area contributed by atoms with Crippen molar-refractivity contribution in [2.24, 2.45) is 0 Å². The zero-order chi connectivity index (χ0) is 21.4. The van der Waals surface area contributed by atoms with Gasteiger partial charge in [-0.15, -0.1) is 22.7 Å². The number of anilines is 1. The van der Waals surface area contributed by atoms with E-state index >= 15 is 0 Å². The molecule has 1 saturated heterocycles. The minimum absolute atomic E-state index is 0.169. The van der Waals surface area contributed by atoms with Gasteiger partial charge in [-0.2, -0.15) is 0 Å². The summed E-state index contributed by atoms with van der Waals surface area (Å²) in [5.41, 5.74) is 0.835. The molecule has 3 heterocycles. The first-order chi connectivity index (χ1) is 15.1. The molecule has 0 spiro atoms. The Bertz CT molecular complexity index is 1310. The van der Waals surface area contributed by atoms with Gasteiger partial charge in [0.1, 0.15) is 16.5 Å². The highest BCUT2D eigenvalue weighted by Crippen LogP contribution is 2.33. The Kier molecular flexibility index (Phi) is 5.11. The highest BCUT2D eigenvalue weighted by Gasteiger charge is 2.33. The minimum Gasteiger partial charge on any atom is -0.457 e. The SMILES string of the molecule is O=C1NC(=O)N(c2ccc(Oc3ccccc3)cc2)C(=S)/C1=C/c1cc2ccsc2s1. The first-order valence-corrected chi connectivity index (χ1v) is 11.4. The van der Waals surface area contributed by atoms with Crippen molar-refractivity contribution < 1.29 is 14.3 Å². The third kappa shape index (κ3) is 3.88. The van der Waals surface area contributed by atoms with Crippen LogP contribution >= 0.6 is 34.9 Å². The van der Waals surface area contributed by atoms with Crippen LogP contribution < -0.4 is 15.0 Å². The van der Waals surface area contributed by atoms with Crippen LogP contribution in [0.25, 0.3) is 15.5 Å². The predicted octanol–water partition coefficient (Wildman–Crippen LogP) is 6.22. The fraction of sp³-hybridized carbons (Fsp3) is 0. The van der Waals surface area contributed by atoms with E-state index in [0.29, 0.717) is 17.2 Å². The van der Waals surface area contributed by atoms with Crippen LogP contribution in [0.5, 0.6) is 11.5 Å². The van der Waals surface area contributed by atoms with Gasteiger partial charge in [0, 0.05) is 10.3 Å². The van der Waals surface area contributed by atoms with Gasteiger partial charge in [0.05, 0.1) is 15.3 Å². The monoisotopic (exact) mass is 462 g/mol. The third-order valence-corrected chi connectivity index (χ3v) is 7.18. The van der Waals surface area contributed by atoms with Crippen molar-refractivity contribution in [3.63, 3.8) is 0 Å². The molecule has 3 amide bonds. The van der Waals surface area contributed by atoms with Crippen LogP contribution in [0.3, 0.4) is 0 Å². The lowest BCUT2D eigenvalue weighted by atomic mass is 10.1. The maximum atomic E-state index is 12.5. The molecular weight excluding hydrogens is 448 g/mol. The quantitative estimate of drug-likeness (QED) is 0.289. The highest BCUT2D eigenvalue weighted by atomic mass is 32.2. The smallest absolute Gasteiger partial charge is 0.334 e. The number of nitrogens with zero attached hydrogens (tertiary/aromatic N) is 1. The minimum atomic E-state index is -0.573. The van der Waals surface area contributed by atoms with Crippen LogP contribution in [-0.2, 0) is 4.79 Å². The Morgan fingerprint density at radius 3 is 2.45 bits per heavy atom. The fourth-order valence-corrected chi connectivity index (χ4v) is 5.59. The number of carbonyl (C=O) groups is 2. The standard InChI is InChI=1S/C23H14N2O3S3/c26-20-19(13-18-12-14-10-11-30-22(14)31-18)21(29)25(23(27)24-20)15-6-8-17(9-7-15)28-16-4-2-1-3-5-16/h1-13H,(H,24,26,27)/b19-13+. The average Bonchev–Trinajstić information content (AvgIpc) is 3.35. The van der Waals surface area contributed by atoms with E-state index in [2.05, 4.69) is 5.32 Å². The van der Waals surface area contributed by atoms with Crippen molar-refractivity contribution in [1.82, 2.24) is 5.32 Å². The number of fused-ring (bicyclic) bond motifs is 1. The van der Waals surface area contributed by atoms with Crippen LogP contribution in [0, 0.1) is 0 Å². The van der Waals surface area contributed by atoms with Crippen LogP contribution in [0.15, 0.2) is 77.7 Å². The maximum Gasteiger partial charge on any atom is 0.334 e. The van der Waals surface area contributed by atoms with Crippen molar-refractivity contribution in [3.8, 4) is 11.5 Å². The topological polar surface area (TPSA) is 58.6 Å². The zero-order valence-electron chi connectivity index (χ0n) is 15.9. The van der Waals surface area contributed by atoms with E-state index in [1.807, 2.05) is 47.8 Å². The Labute approximate surface area is 191 Å². The molecular formula is C23H14N2O3S3. The molecule has 4 aromatic rings. The number of ether oxygens (including phenoxy) is 1. The summed E-state index contributed by atoms with van der Waals surface area (Å²) in [4.78, 5) is 27.4. The molecule has 1 fully saturated rings. The van der Waals surface area contributed by atoms with E-state index in [9.17, 15) is 9.59 Å². The lowest BCUT2D eigenvalue weighted by molar-refractivity contribution is -0.116. The molecule has 0 atom stereocenters. The number of benzene rings is 2. The van der Waals surface area contributed by atoms with E-state index in [1.165, 1.54) is 8.91 Å². The number of hydrogen-bond donors (Lipinski definition) is 1. The average molecular weight is 463 g/mol. The van der Waals surface area contributed by atoms with Gasteiger partial charge in [0.15, 0.2) is 0 Å². The molecule has 8 heteroatoms. The number of hydrogen-bond acceptors (Lipinski definition) is 6. The summed E-state index contributed by atoms with van der Waals surface area (Å²) in [6.07, 6.45) is 1.74. The van der Waals surface area contributed by atoms with E-state index < -0.39 is 11.9 Å². The van der Waals surface area contributed by atoms with Crippen molar-refractivity contribution in [3.05, 3.63) is 82.6 Å². The van der Waals surface area contributed by atoms with Crippen molar-refractivity contribution in [1.29, 1.82) is 0 Å². The molecule has 1 aliphatic rings. The molecule has 0 aliphatic carbocycles. The number of thiocarbonyl (C=S) groups is 1. The number of para-hydroxylation sites is 1. The number of thiophene rings is 2. The molecule has 152 valence electrons. The Hall–Kier alpha value is -3.33. The van der Waals surface area contributed by atoms with Gasteiger partial charge in [-0.25, -0.2) is 4.79 Å². The molecule has 0 unspecified atom stereocenters. The van der Waals surface area contributed by atoms with Gasteiger partial charge in [0.25, 0.3) is 5.91 Å². The first kappa shape index (κ1) is 19.6. The Morgan fingerprint density at radius 2 is 1.71 bits per heavy atom. The summed E-state index contributed by atoms with van der Waals surface area (Å²) in [6.45, 7) is 0. The molecule has 2 aromatic heterocycles. The summed E-state index contributed by atoms with van der Waals surface area (Å²) in [6, 6.07) is 19.9. The molecule has 0 radical (unpaired) electrons. The fourth-order valence-electron chi connectivity index (χ4n) is 3.18. The number of amides is 3. The van der Waals surface area contributed by atoms with Crippen LogP contribution in [0.1, 0.15) is 4.88 Å². The lowest BCUT2D eigenvalue weighted by Gasteiger charge is -2.29. The van der Waals surface area contributed by atoms with Crippen molar-refractivity contribution in [2.45, 2.75) is 0 Å². The summed E-state index contributed by atoms with van der Waals surface area (Å²) in [5, 5.41) is 5.54. The Morgan fingerprint density at radius 1 is 0.968 bits per heavy atom. The number of carbonyl (C=O) groups excluding carboxylic acids is 2. The van der Waals surface area contributed by atoms with Crippen molar-refractivity contribution >= 4 is 73.0 Å².